The van der Waals surface area contributed by atoms with Gasteiger partial charge in [0.05, 0.1) is 13.1 Å². The predicted molar refractivity (Wildman–Crippen MR) is 149 cm³/mol. The fourth-order valence-electron chi connectivity index (χ4n) is 5.13. The molecule has 6 nitrogen and oxygen atoms in total. The maximum absolute atomic E-state index is 4.56. The molecule has 0 aliphatic rings. The third-order valence-electron chi connectivity index (χ3n) is 7.14. The first-order valence-corrected chi connectivity index (χ1v) is 13.5. The first-order chi connectivity index (χ1) is 17.6. The fourth-order valence-corrected chi connectivity index (χ4v) is 5.13. The highest BCUT2D eigenvalue weighted by Crippen LogP contribution is 2.24. The molecule has 1 unspecified atom stereocenters. The van der Waals surface area contributed by atoms with Crippen LogP contribution in [0.5, 0.6) is 0 Å². The van der Waals surface area contributed by atoms with E-state index in [0.29, 0.717) is 6.04 Å². The zero-order chi connectivity index (χ0) is 25.3. The molecule has 2 heterocycles. The predicted octanol–water partition coefficient (Wildman–Crippen LogP) is 5.94. The van der Waals surface area contributed by atoms with Gasteiger partial charge in [-0.15, -0.1) is 0 Å². The summed E-state index contributed by atoms with van der Waals surface area (Å²) in [5.74, 6) is 2.03. The minimum Gasteiger partial charge on any atom is -0.348 e. The van der Waals surface area contributed by atoms with E-state index in [1.807, 2.05) is 24.8 Å². The Hall–Kier alpha value is -2.96. The van der Waals surface area contributed by atoms with Crippen LogP contribution in [0.2, 0.25) is 0 Å². The van der Waals surface area contributed by atoms with E-state index in [-0.39, 0.29) is 0 Å². The maximum Gasteiger partial charge on any atom is 0.122 e. The van der Waals surface area contributed by atoms with Gasteiger partial charge >= 0.3 is 0 Å². The van der Waals surface area contributed by atoms with E-state index < -0.39 is 0 Å². The molecule has 0 saturated heterocycles. The summed E-state index contributed by atoms with van der Waals surface area (Å²) in [4.78, 5) is 17.3. The van der Waals surface area contributed by atoms with Gasteiger partial charge in [0.2, 0.25) is 0 Å². The number of nitrogens with zero attached hydrogens (tertiary/aromatic N) is 5. The Balaban J connectivity index is 1.49. The molecule has 192 valence electrons. The monoisotopic (exact) mass is 486 g/mol. The van der Waals surface area contributed by atoms with E-state index in [0.717, 1.165) is 37.7 Å². The van der Waals surface area contributed by atoms with Crippen molar-refractivity contribution in [2.45, 2.75) is 72.1 Å². The number of H-pyrrole nitrogens is 1. The molecule has 0 radical (unpaired) electrons. The van der Waals surface area contributed by atoms with Crippen molar-refractivity contribution in [3.05, 3.63) is 84.0 Å². The fraction of sp³-hybridized carbons (Fsp3) is 0.467. The zero-order valence-corrected chi connectivity index (χ0v) is 22.5. The van der Waals surface area contributed by atoms with Gasteiger partial charge in [-0.05, 0) is 67.6 Å². The number of rotatable bonds is 14. The molecule has 6 heteroatoms. The first kappa shape index (κ1) is 26.1. The molecule has 0 fully saturated rings. The normalized spacial score (nSPS) is 12.7. The van der Waals surface area contributed by atoms with Crippen molar-refractivity contribution in [1.29, 1.82) is 0 Å². The lowest BCUT2D eigenvalue weighted by molar-refractivity contribution is 0.200. The lowest BCUT2D eigenvalue weighted by Gasteiger charge is -2.28. The number of nitrogens with one attached hydrogen (secondary N) is 1. The third kappa shape index (κ3) is 6.83. The second-order valence-electron chi connectivity index (χ2n) is 10.0. The lowest BCUT2D eigenvalue weighted by Crippen LogP contribution is -2.34. The Kier molecular flexibility index (Phi) is 9.31. The van der Waals surface area contributed by atoms with Gasteiger partial charge in [-0.25, -0.2) is 9.97 Å². The van der Waals surface area contributed by atoms with Gasteiger partial charge in [0.1, 0.15) is 11.6 Å². The van der Waals surface area contributed by atoms with Crippen LogP contribution in [0.15, 0.2) is 61.2 Å². The van der Waals surface area contributed by atoms with Crippen LogP contribution in [0.1, 0.15) is 62.8 Å². The molecule has 4 rings (SSSR count). The average molecular weight is 487 g/mol. The molecular formula is C30H42N6. The Labute approximate surface area is 216 Å². The van der Waals surface area contributed by atoms with E-state index in [9.17, 15) is 0 Å². The van der Waals surface area contributed by atoms with Crippen molar-refractivity contribution in [1.82, 2.24) is 29.3 Å². The minimum absolute atomic E-state index is 0.619. The molecule has 4 aromatic rings. The second kappa shape index (κ2) is 12.8. The van der Waals surface area contributed by atoms with Gasteiger partial charge in [0, 0.05) is 44.4 Å². The molecule has 0 spiro atoms. The van der Waals surface area contributed by atoms with E-state index in [2.05, 4.69) is 93.5 Å². The number of imidazole rings is 2. The SMILES string of the molecule is CCCN(CCC)C(C)CCc1ccc2c(CN(Cc3ncc[nH]3)Cc3nccn3C)cccc2c1. The van der Waals surface area contributed by atoms with E-state index >= 15 is 0 Å². The van der Waals surface area contributed by atoms with Gasteiger partial charge in [-0.1, -0.05) is 50.2 Å². The van der Waals surface area contributed by atoms with Crippen LogP contribution in [-0.2, 0) is 33.1 Å². The maximum atomic E-state index is 4.56. The van der Waals surface area contributed by atoms with Crippen LogP contribution >= 0.6 is 0 Å². The van der Waals surface area contributed by atoms with Gasteiger partial charge in [-0.3, -0.25) is 4.90 Å². The summed E-state index contributed by atoms with van der Waals surface area (Å²) < 4.78 is 2.09. The van der Waals surface area contributed by atoms with Crippen molar-refractivity contribution >= 4 is 10.8 Å². The number of fused-ring (bicyclic) bond motifs is 1. The van der Waals surface area contributed by atoms with Crippen LogP contribution in [0, 0.1) is 0 Å². The Morgan fingerprint density at radius 1 is 0.972 bits per heavy atom. The second-order valence-corrected chi connectivity index (χ2v) is 10.0. The summed E-state index contributed by atoms with van der Waals surface area (Å²) in [6.07, 6.45) is 12.3. The number of hydrogen-bond donors (Lipinski definition) is 1. The Bertz CT molecular complexity index is 1190. The largest absolute Gasteiger partial charge is 0.348 e. The summed E-state index contributed by atoms with van der Waals surface area (Å²) in [5.41, 5.74) is 2.77. The molecule has 1 N–H and O–H groups in total. The van der Waals surface area contributed by atoms with Gasteiger partial charge in [0.25, 0.3) is 0 Å². The van der Waals surface area contributed by atoms with Crippen LogP contribution in [0.4, 0.5) is 0 Å². The van der Waals surface area contributed by atoms with Crippen molar-refractivity contribution in [2.24, 2.45) is 7.05 Å². The summed E-state index contributed by atoms with van der Waals surface area (Å²) >= 11 is 0. The number of hydrogen-bond acceptors (Lipinski definition) is 4. The summed E-state index contributed by atoms with van der Waals surface area (Å²) in [7, 11) is 2.05. The van der Waals surface area contributed by atoms with Crippen molar-refractivity contribution in [3.63, 3.8) is 0 Å². The molecule has 2 aromatic heterocycles. The Morgan fingerprint density at radius 3 is 2.50 bits per heavy atom. The van der Waals surface area contributed by atoms with Crippen molar-refractivity contribution in [3.8, 4) is 0 Å². The lowest BCUT2D eigenvalue weighted by atomic mass is 9.98. The van der Waals surface area contributed by atoms with E-state index in [1.54, 1.807) is 0 Å². The standard InChI is InChI=1S/C30H42N6/c1-5-17-36(18-6-2)24(3)10-11-25-12-13-28-26(20-25)8-7-9-27(28)21-35(22-29-31-14-15-32-29)23-30-33-16-19-34(30)4/h7-9,12-16,19-20,24H,5-6,10-11,17-18,21-23H2,1-4H3,(H,31,32). The molecule has 0 aliphatic heterocycles. The van der Waals surface area contributed by atoms with Crippen LogP contribution < -0.4 is 0 Å². The van der Waals surface area contributed by atoms with Gasteiger partial charge in [-0.2, -0.15) is 0 Å². The highest BCUT2D eigenvalue weighted by molar-refractivity contribution is 5.86. The molecule has 0 bridgehead atoms. The van der Waals surface area contributed by atoms with E-state index in [1.165, 1.54) is 54.3 Å². The van der Waals surface area contributed by atoms with Gasteiger partial charge < -0.3 is 14.5 Å². The summed E-state index contributed by atoms with van der Waals surface area (Å²) in [6.45, 7) is 11.7. The van der Waals surface area contributed by atoms with Crippen molar-refractivity contribution in [2.75, 3.05) is 13.1 Å². The topological polar surface area (TPSA) is 53.0 Å². The quantitative estimate of drug-likeness (QED) is 0.240. The zero-order valence-electron chi connectivity index (χ0n) is 22.5. The highest BCUT2D eigenvalue weighted by Gasteiger charge is 2.15. The molecule has 1 atom stereocenters. The number of aromatic nitrogens is 4. The van der Waals surface area contributed by atoms with Gasteiger partial charge in [0.15, 0.2) is 0 Å². The summed E-state index contributed by atoms with van der Waals surface area (Å²) in [6, 6.07) is 14.4. The molecule has 0 amide bonds. The molecule has 36 heavy (non-hydrogen) atoms. The molecule has 0 aliphatic carbocycles. The smallest absolute Gasteiger partial charge is 0.122 e. The van der Waals surface area contributed by atoms with Crippen LogP contribution in [-0.4, -0.2) is 48.5 Å². The Morgan fingerprint density at radius 2 is 1.81 bits per heavy atom. The number of aryl methyl sites for hydroxylation is 2. The van der Waals surface area contributed by atoms with Crippen LogP contribution in [0.3, 0.4) is 0 Å². The molecular weight excluding hydrogens is 444 g/mol. The number of aromatic amines is 1. The van der Waals surface area contributed by atoms with Crippen LogP contribution in [0.25, 0.3) is 10.8 Å². The summed E-state index contributed by atoms with van der Waals surface area (Å²) in [5, 5.41) is 2.66. The highest BCUT2D eigenvalue weighted by atomic mass is 15.2. The number of benzene rings is 2. The average Bonchev–Trinajstić information content (AvgIpc) is 3.54. The molecule has 0 saturated carbocycles. The molecule has 2 aromatic carbocycles. The van der Waals surface area contributed by atoms with E-state index in [4.69, 9.17) is 0 Å². The first-order valence-electron chi connectivity index (χ1n) is 13.5. The minimum atomic E-state index is 0.619. The van der Waals surface area contributed by atoms with Crippen molar-refractivity contribution < 1.29 is 0 Å². The third-order valence-corrected chi connectivity index (χ3v) is 7.14.